The lowest BCUT2D eigenvalue weighted by atomic mass is 9.90. The molecule has 0 aromatic rings. The fraction of sp³-hybridized carbons (Fsp3) is 1.00. The van der Waals surface area contributed by atoms with Crippen LogP contribution >= 0.6 is 11.6 Å². The van der Waals surface area contributed by atoms with Crippen LogP contribution in [0.3, 0.4) is 0 Å². The number of alkyl halides is 1. The van der Waals surface area contributed by atoms with Gasteiger partial charge < -0.3 is 4.74 Å². The Bertz CT molecular complexity index is 137. The van der Waals surface area contributed by atoms with Crippen LogP contribution < -0.4 is 0 Å². The summed E-state index contributed by atoms with van der Waals surface area (Å²) in [5, 5.41) is 0.274. The minimum Gasteiger partial charge on any atom is -0.365 e. The SMILES string of the molecule is CC12OC1CCCC2Cl. The van der Waals surface area contributed by atoms with Crippen LogP contribution in [-0.4, -0.2) is 17.1 Å². The summed E-state index contributed by atoms with van der Waals surface area (Å²) >= 11 is 6.02. The molecule has 1 heterocycles. The number of halogens is 1. The lowest BCUT2D eigenvalue weighted by Gasteiger charge is -2.17. The van der Waals surface area contributed by atoms with Crippen molar-refractivity contribution >= 4 is 11.6 Å². The monoisotopic (exact) mass is 146 g/mol. The Morgan fingerprint density at radius 2 is 2.33 bits per heavy atom. The van der Waals surface area contributed by atoms with Gasteiger partial charge in [0.15, 0.2) is 0 Å². The minimum absolute atomic E-state index is 0.0693. The van der Waals surface area contributed by atoms with Gasteiger partial charge >= 0.3 is 0 Å². The van der Waals surface area contributed by atoms with Gasteiger partial charge in [-0.2, -0.15) is 0 Å². The molecule has 52 valence electrons. The second kappa shape index (κ2) is 1.64. The number of hydrogen-bond donors (Lipinski definition) is 0. The van der Waals surface area contributed by atoms with Crippen LogP contribution in [0.15, 0.2) is 0 Å². The van der Waals surface area contributed by atoms with E-state index in [0.29, 0.717) is 6.10 Å². The molecule has 0 radical (unpaired) electrons. The van der Waals surface area contributed by atoms with E-state index < -0.39 is 0 Å². The van der Waals surface area contributed by atoms with Gasteiger partial charge in [-0.3, -0.25) is 0 Å². The number of fused-ring (bicyclic) bond motifs is 1. The molecule has 9 heavy (non-hydrogen) atoms. The fourth-order valence-corrected chi connectivity index (χ4v) is 2.01. The standard InChI is InChI=1S/C7H11ClO/c1-7-5(8)3-2-4-6(7)9-7/h5-6H,2-4H2,1H3. The molecule has 2 heteroatoms. The Morgan fingerprint density at radius 1 is 1.56 bits per heavy atom. The Morgan fingerprint density at radius 3 is 2.89 bits per heavy atom. The van der Waals surface area contributed by atoms with Crippen molar-refractivity contribution in [1.82, 2.24) is 0 Å². The topological polar surface area (TPSA) is 12.5 Å². The van der Waals surface area contributed by atoms with Gasteiger partial charge in [-0.25, -0.2) is 0 Å². The molecule has 0 spiro atoms. The predicted octanol–water partition coefficient (Wildman–Crippen LogP) is 1.94. The first-order valence-electron chi connectivity index (χ1n) is 3.55. The number of rotatable bonds is 0. The van der Waals surface area contributed by atoms with E-state index in [1.807, 2.05) is 0 Å². The summed E-state index contributed by atoms with van der Waals surface area (Å²) in [6, 6.07) is 0. The summed E-state index contributed by atoms with van der Waals surface area (Å²) < 4.78 is 5.45. The van der Waals surface area contributed by atoms with E-state index in [4.69, 9.17) is 16.3 Å². The molecule has 0 bridgehead atoms. The van der Waals surface area contributed by atoms with Crippen LogP contribution in [-0.2, 0) is 4.74 Å². The highest BCUT2D eigenvalue weighted by Gasteiger charge is 2.58. The largest absolute Gasteiger partial charge is 0.365 e. The summed E-state index contributed by atoms with van der Waals surface area (Å²) in [6.07, 6.45) is 4.09. The van der Waals surface area contributed by atoms with Crippen molar-refractivity contribution in [3.8, 4) is 0 Å². The first-order chi connectivity index (χ1) is 4.23. The third-order valence-electron chi connectivity index (χ3n) is 2.52. The average molecular weight is 147 g/mol. The molecule has 3 atom stereocenters. The molecule has 0 N–H and O–H groups in total. The van der Waals surface area contributed by atoms with Crippen molar-refractivity contribution in [2.75, 3.05) is 0 Å². The second-order valence-electron chi connectivity index (χ2n) is 3.19. The molecule has 2 aliphatic rings. The summed E-state index contributed by atoms with van der Waals surface area (Å²) in [4.78, 5) is 0. The van der Waals surface area contributed by atoms with Gasteiger partial charge in [0.25, 0.3) is 0 Å². The van der Waals surface area contributed by atoms with Crippen molar-refractivity contribution in [3.63, 3.8) is 0 Å². The van der Waals surface area contributed by atoms with E-state index in [2.05, 4.69) is 6.92 Å². The minimum atomic E-state index is 0.0693. The maximum Gasteiger partial charge on any atom is 0.108 e. The molecule has 1 saturated heterocycles. The second-order valence-corrected chi connectivity index (χ2v) is 3.72. The zero-order valence-corrected chi connectivity index (χ0v) is 6.32. The van der Waals surface area contributed by atoms with Crippen molar-refractivity contribution in [3.05, 3.63) is 0 Å². The zero-order chi connectivity index (χ0) is 6.48. The van der Waals surface area contributed by atoms with Gasteiger partial charge in [0.05, 0.1) is 11.5 Å². The highest BCUT2D eigenvalue weighted by molar-refractivity contribution is 6.21. The Hall–Kier alpha value is 0.250. The molecule has 2 fully saturated rings. The molecule has 1 saturated carbocycles. The normalized spacial score (nSPS) is 56.7. The Kier molecular flexibility index (Phi) is 1.09. The number of hydrogen-bond acceptors (Lipinski definition) is 1. The van der Waals surface area contributed by atoms with Gasteiger partial charge in [-0.1, -0.05) is 0 Å². The van der Waals surface area contributed by atoms with E-state index in [-0.39, 0.29) is 11.0 Å². The molecule has 3 unspecified atom stereocenters. The van der Waals surface area contributed by atoms with Gasteiger partial charge in [0.2, 0.25) is 0 Å². The van der Waals surface area contributed by atoms with Crippen molar-refractivity contribution in [2.24, 2.45) is 0 Å². The van der Waals surface area contributed by atoms with Crippen LogP contribution in [0.25, 0.3) is 0 Å². The van der Waals surface area contributed by atoms with Crippen molar-refractivity contribution in [1.29, 1.82) is 0 Å². The lowest BCUT2D eigenvalue weighted by molar-refractivity contribution is 0.308. The molecular weight excluding hydrogens is 136 g/mol. The summed E-state index contributed by atoms with van der Waals surface area (Å²) in [6.45, 7) is 2.12. The third-order valence-corrected chi connectivity index (χ3v) is 3.18. The van der Waals surface area contributed by atoms with E-state index in [9.17, 15) is 0 Å². The maximum absolute atomic E-state index is 6.02. The molecule has 0 aromatic heterocycles. The van der Waals surface area contributed by atoms with Crippen molar-refractivity contribution < 1.29 is 4.74 Å². The molecule has 0 amide bonds. The summed E-state index contributed by atoms with van der Waals surface area (Å²) in [7, 11) is 0. The van der Waals surface area contributed by atoms with Crippen LogP contribution in [0.2, 0.25) is 0 Å². The van der Waals surface area contributed by atoms with E-state index in [1.54, 1.807) is 0 Å². The fourth-order valence-electron chi connectivity index (χ4n) is 1.66. The van der Waals surface area contributed by atoms with Gasteiger partial charge in [0.1, 0.15) is 5.60 Å². The van der Waals surface area contributed by atoms with Crippen LogP contribution in [0.5, 0.6) is 0 Å². The van der Waals surface area contributed by atoms with Crippen LogP contribution in [0, 0.1) is 0 Å². The van der Waals surface area contributed by atoms with Gasteiger partial charge in [-0.15, -0.1) is 11.6 Å². The van der Waals surface area contributed by atoms with Crippen LogP contribution in [0.1, 0.15) is 26.2 Å². The molecule has 0 aromatic carbocycles. The predicted molar refractivity (Wildman–Crippen MR) is 36.8 cm³/mol. The third kappa shape index (κ3) is 0.714. The molecular formula is C7H11ClO. The quantitative estimate of drug-likeness (QED) is 0.376. The molecule has 2 rings (SSSR count). The summed E-state index contributed by atoms with van der Waals surface area (Å²) in [5.41, 5.74) is 0.0693. The molecule has 1 aliphatic carbocycles. The maximum atomic E-state index is 6.02. The average Bonchev–Trinajstić information content (AvgIpc) is 2.44. The molecule has 1 aliphatic heterocycles. The Labute approximate surface area is 60.3 Å². The van der Waals surface area contributed by atoms with Crippen LogP contribution in [0.4, 0.5) is 0 Å². The first-order valence-corrected chi connectivity index (χ1v) is 3.99. The molecule has 1 nitrogen and oxygen atoms in total. The lowest BCUT2D eigenvalue weighted by Crippen LogP contribution is -2.27. The zero-order valence-electron chi connectivity index (χ0n) is 5.56. The Balaban J connectivity index is 2.10. The highest BCUT2D eigenvalue weighted by Crippen LogP contribution is 2.49. The number of ether oxygens (including phenoxy) is 1. The van der Waals surface area contributed by atoms with E-state index >= 15 is 0 Å². The van der Waals surface area contributed by atoms with E-state index in [1.165, 1.54) is 12.8 Å². The first kappa shape index (κ1) is 5.99. The van der Waals surface area contributed by atoms with Gasteiger partial charge in [-0.05, 0) is 26.2 Å². The smallest absolute Gasteiger partial charge is 0.108 e. The van der Waals surface area contributed by atoms with Crippen molar-refractivity contribution in [2.45, 2.75) is 43.3 Å². The summed E-state index contributed by atoms with van der Waals surface area (Å²) in [5.74, 6) is 0. The van der Waals surface area contributed by atoms with Gasteiger partial charge in [0, 0.05) is 0 Å². The van der Waals surface area contributed by atoms with E-state index in [0.717, 1.165) is 6.42 Å². The highest BCUT2D eigenvalue weighted by atomic mass is 35.5. The number of epoxide rings is 1.